The lowest BCUT2D eigenvalue weighted by molar-refractivity contribution is 0.0977. The van der Waals surface area contributed by atoms with Crippen LogP contribution in [0.2, 0.25) is 10.0 Å². The van der Waals surface area contributed by atoms with Gasteiger partial charge in [0.1, 0.15) is 5.52 Å². The summed E-state index contributed by atoms with van der Waals surface area (Å²) in [4.78, 5) is 17.0. The Morgan fingerprint density at radius 2 is 1.74 bits per heavy atom. The minimum absolute atomic E-state index is 0.168. The predicted molar refractivity (Wildman–Crippen MR) is 129 cm³/mol. The van der Waals surface area contributed by atoms with Crippen LogP contribution in [-0.2, 0) is 0 Å². The van der Waals surface area contributed by atoms with E-state index in [0.717, 1.165) is 11.1 Å². The number of thiocarbonyl (C=S) groups is 1. The number of halogens is 2. The summed E-state index contributed by atoms with van der Waals surface area (Å²) in [5.41, 5.74) is 5.01. The normalized spacial score (nSPS) is 10.8. The Balaban J connectivity index is 1.53. The van der Waals surface area contributed by atoms with Crippen LogP contribution in [0, 0.1) is 13.8 Å². The molecular formula is C23H17Cl2N3O2S. The zero-order valence-corrected chi connectivity index (χ0v) is 19.0. The van der Waals surface area contributed by atoms with Crippen LogP contribution < -0.4 is 10.6 Å². The van der Waals surface area contributed by atoms with Gasteiger partial charge in [-0.2, -0.15) is 0 Å². The molecule has 0 saturated carbocycles. The van der Waals surface area contributed by atoms with E-state index in [-0.39, 0.29) is 11.0 Å². The second-order valence-electron chi connectivity index (χ2n) is 7.11. The molecule has 4 rings (SSSR count). The molecule has 5 nitrogen and oxygen atoms in total. The third kappa shape index (κ3) is 4.88. The Hall–Kier alpha value is -2.93. The summed E-state index contributed by atoms with van der Waals surface area (Å²) in [6, 6.07) is 16.0. The van der Waals surface area contributed by atoms with Crippen LogP contribution in [0.15, 0.2) is 59.0 Å². The van der Waals surface area contributed by atoms with Crippen molar-refractivity contribution < 1.29 is 9.21 Å². The second-order valence-corrected chi connectivity index (χ2v) is 8.36. The Morgan fingerprint density at radius 3 is 2.48 bits per heavy atom. The van der Waals surface area contributed by atoms with Gasteiger partial charge >= 0.3 is 0 Å². The fourth-order valence-corrected chi connectivity index (χ4v) is 3.80. The van der Waals surface area contributed by atoms with Crippen molar-refractivity contribution in [3.63, 3.8) is 0 Å². The highest BCUT2D eigenvalue weighted by atomic mass is 35.5. The van der Waals surface area contributed by atoms with Gasteiger partial charge in [0.2, 0.25) is 5.89 Å². The fraction of sp³-hybridized carbons (Fsp3) is 0.0870. The van der Waals surface area contributed by atoms with Gasteiger partial charge in [0.15, 0.2) is 10.7 Å². The molecule has 0 aliphatic heterocycles. The Labute approximate surface area is 194 Å². The van der Waals surface area contributed by atoms with Crippen molar-refractivity contribution in [3.05, 3.63) is 81.3 Å². The van der Waals surface area contributed by atoms with E-state index in [1.54, 1.807) is 36.4 Å². The van der Waals surface area contributed by atoms with Crippen LogP contribution in [0.25, 0.3) is 22.6 Å². The smallest absolute Gasteiger partial charge is 0.257 e. The van der Waals surface area contributed by atoms with E-state index in [0.29, 0.717) is 43.9 Å². The molecule has 1 aromatic heterocycles. The lowest BCUT2D eigenvalue weighted by Crippen LogP contribution is -2.34. The van der Waals surface area contributed by atoms with E-state index >= 15 is 0 Å². The van der Waals surface area contributed by atoms with Crippen molar-refractivity contribution in [2.45, 2.75) is 13.8 Å². The highest BCUT2D eigenvalue weighted by molar-refractivity contribution is 7.80. The summed E-state index contributed by atoms with van der Waals surface area (Å²) in [6.07, 6.45) is 0. The van der Waals surface area contributed by atoms with Gasteiger partial charge in [-0.15, -0.1) is 0 Å². The van der Waals surface area contributed by atoms with Gasteiger partial charge in [-0.3, -0.25) is 10.1 Å². The molecule has 31 heavy (non-hydrogen) atoms. The van der Waals surface area contributed by atoms with Gasteiger partial charge in [0.05, 0.1) is 10.6 Å². The molecule has 2 N–H and O–H groups in total. The van der Waals surface area contributed by atoms with E-state index in [2.05, 4.69) is 15.6 Å². The first-order valence-electron chi connectivity index (χ1n) is 9.35. The van der Waals surface area contributed by atoms with Gasteiger partial charge in [-0.25, -0.2) is 4.98 Å². The third-order valence-corrected chi connectivity index (χ3v) is 5.28. The maximum Gasteiger partial charge on any atom is 0.257 e. The summed E-state index contributed by atoms with van der Waals surface area (Å²) in [6.45, 7) is 3.88. The SMILES string of the molecule is Cc1cc(C)cc(C(=O)NC(=S)Nc2ccc(Cl)c(-c3nc4cc(Cl)ccc4o3)c2)c1. The van der Waals surface area contributed by atoms with Crippen molar-refractivity contribution >= 4 is 63.2 Å². The van der Waals surface area contributed by atoms with Crippen LogP contribution in [0.4, 0.5) is 5.69 Å². The number of hydrogen-bond donors (Lipinski definition) is 2. The predicted octanol–water partition coefficient (Wildman–Crippen LogP) is 6.55. The highest BCUT2D eigenvalue weighted by Crippen LogP contribution is 2.33. The minimum atomic E-state index is -0.283. The molecule has 3 aromatic carbocycles. The van der Waals surface area contributed by atoms with Crippen LogP contribution in [0.1, 0.15) is 21.5 Å². The average molecular weight is 470 g/mol. The summed E-state index contributed by atoms with van der Waals surface area (Å²) in [7, 11) is 0. The number of carbonyl (C=O) groups is 1. The van der Waals surface area contributed by atoms with Crippen molar-refractivity contribution in [2.75, 3.05) is 5.32 Å². The van der Waals surface area contributed by atoms with Crippen LogP contribution in [-0.4, -0.2) is 16.0 Å². The lowest BCUT2D eigenvalue weighted by atomic mass is 10.1. The van der Waals surface area contributed by atoms with Gasteiger partial charge in [-0.05, 0) is 74.6 Å². The summed E-state index contributed by atoms with van der Waals surface area (Å²) < 4.78 is 5.81. The van der Waals surface area contributed by atoms with E-state index in [4.69, 9.17) is 39.8 Å². The summed E-state index contributed by atoms with van der Waals surface area (Å²) in [5, 5.41) is 6.90. The molecular weight excluding hydrogens is 453 g/mol. The van der Waals surface area contributed by atoms with E-state index in [9.17, 15) is 4.79 Å². The average Bonchev–Trinajstić information content (AvgIpc) is 3.11. The first-order chi connectivity index (χ1) is 14.8. The standard InChI is InChI=1S/C23H17Cl2N3O2S/c1-12-7-13(2)9-14(8-12)21(29)28-23(31)26-16-4-5-18(25)17(11-16)22-27-19-10-15(24)3-6-20(19)30-22/h3-11H,1-2H3,(H2,26,28,29,31). The number of nitrogens with zero attached hydrogens (tertiary/aromatic N) is 1. The van der Waals surface area contributed by atoms with E-state index in [1.165, 1.54) is 0 Å². The number of benzene rings is 3. The van der Waals surface area contributed by atoms with Crippen LogP contribution in [0.3, 0.4) is 0 Å². The Kier molecular flexibility index (Phi) is 5.96. The number of anilines is 1. The molecule has 156 valence electrons. The van der Waals surface area contributed by atoms with E-state index < -0.39 is 0 Å². The largest absolute Gasteiger partial charge is 0.436 e. The molecule has 0 aliphatic rings. The van der Waals surface area contributed by atoms with Gasteiger partial charge in [0, 0.05) is 16.3 Å². The van der Waals surface area contributed by atoms with Crippen LogP contribution >= 0.6 is 35.4 Å². The number of aromatic nitrogens is 1. The lowest BCUT2D eigenvalue weighted by Gasteiger charge is -2.11. The summed E-state index contributed by atoms with van der Waals surface area (Å²) in [5.74, 6) is 0.0745. The molecule has 0 bridgehead atoms. The number of fused-ring (bicyclic) bond motifs is 1. The molecule has 0 spiro atoms. The minimum Gasteiger partial charge on any atom is -0.436 e. The number of carbonyl (C=O) groups excluding carboxylic acids is 1. The second kappa shape index (κ2) is 8.67. The third-order valence-electron chi connectivity index (χ3n) is 4.52. The zero-order valence-electron chi connectivity index (χ0n) is 16.6. The molecule has 0 fully saturated rings. The van der Waals surface area contributed by atoms with Crippen molar-refractivity contribution in [3.8, 4) is 11.5 Å². The number of amides is 1. The Bertz CT molecular complexity index is 1310. The van der Waals surface area contributed by atoms with Crippen molar-refractivity contribution in [1.82, 2.24) is 10.3 Å². The zero-order chi connectivity index (χ0) is 22.1. The molecule has 1 amide bonds. The molecule has 0 aliphatic carbocycles. The van der Waals surface area contributed by atoms with Gasteiger partial charge < -0.3 is 9.73 Å². The molecule has 8 heteroatoms. The van der Waals surface area contributed by atoms with Crippen molar-refractivity contribution in [2.24, 2.45) is 0 Å². The quantitative estimate of drug-likeness (QED) is 0.333. The van der Waals surface area contributed by atoms with Gasteiger partial charge in [-0.1, -0.05) is 40.4 Å². The number of nitrogens with one attached hydrogen (secondary N) is 2. The van der Waals surface area contributed by atoms with Gasteiger partial charge in [0.25, 0.3) is 5.91 Å². The van der Waals surface area contributed by atoms with Crippen LogP contribution in [0.5, 0.6) is 0 Å². The molecule has 0 atom stereocenters. The number of aryl methyl sites for hydroxylation is 2. The maximum absolute atomic E-state index is 12.5. The molecule has 0 unspecified atom stereocenters. The molecule has 4 aromatic rings. The summed E-state index contributed by atoms with van der Waals surface area (Å²) >= 11 is 17.7. The molecule has 1 heterocycles. The first kappa shape index (κ1) is 21.3. The highest BCUT2D eigenvalue weighted by Gasteiger charge is 2.14. The van der Waals surface area contributed by atoms with Crippen molar-refractivity contribution in [1.29, 1.82) is 0 Å². The maximum atomic E-state index is 12.5. The first-order valence-corrected chi connectivity index (χ1v) is 10.5. The fourth-order valence-electron chi connectivity index (χ4n) is 3.23. The number of rotatable bonds is 3. The Morgan fingerprint density at radius 1 is 1.00 bits per heavy atom. The molecule has 0 saturated heterocycles. The number of hydrogen-bond acceptors (Lipinski definition) is 4. The topological polar surface area (TPSA) is 67.2 Å². The van der Waals surface area contributed by atoms with E-state index in [1.807, 2.05) is 32.0 Å². The number of oxazole rings is 1. The monoisotopic (exact) mass is 469 g/mol. The molecule has 0 radical (unpaired) electrons.